The van der Waals surface area contributed by atoms with Crippen molar-refractivity contribution in [3.05, 3.63) is 60.2 Å². The van der Waals surface area contributed by atoms with Gasteiger partial charge in [0, 0.05) is 20.0 Å². The summed E-state index contributed by atoms with van der Waals surface area (Å²) in [6.07, 6.45) is 0.853. The number of hydrogen-bond acceptors (Lipinski definition) is 4. The Balaban J connectivity index is 2.36. The zero-order valence-electron chi connectivity index (χ0n) is 15.9. The summed E-state index contributed by atoms with van der Waals surface area (Å²) >= 11 is 0. The van der Waals surface area contributed by atoms with Crippen LogP contribution in [0.3, 0.4) is 0 Å². The number of carbonyl (C=O) groups excluding carboxylic acids is 1. The largest absolute Gasteiger partial charge is 0.497 e. The molecule has 0 bridgehead atoms. The highest BCUT2D eigenvalue weighted by Crippen LogP contribution is 2.30. The fraction of sp³-hybridized carbons (Fsp3) is 0.350. The summed E-state index contributed by atoms with van der Waals surface area (Å²) in [4.78, 5) is 12.5. The van der Waals surface area contributed by atoms with E-state index >= 15 is 0 Å². The molecular formula is C20H26N2O4S. The predicted molar refractivity (Wildman–Crippen MR) is 105 cm³/mol. The van der Waals surface area contributed by atoms with Crippen molar-refractivity contribution < 1.29 is 17.9 Å². The van der Waals surface area contributed by atoms with E-state index in [1.54, 1.807) is 61.7 Å². The van der Waals surface area contributed by atoms with Gasteiger partial charge < -0.3 is 10.1 Å². The standard InChI is InChI=1S/C20H26N2O4S/c1-4-14-21-20(23)15-19(16-10-12-17(26-3)13-11-16)22(2)27(24,25)18-8-6-5-7-9-18/h5-13,19H,4,14-15H2,1-3H3,(H,21,23)/t19-/m1/s1. The van der Waals surface area contributed by atoms with Gasteiger partial charge in [0.15, 0.2) is 0 Å². The molecule has 1 N–H and O–H groups in total. The second-order valence-electron chi connectivity index (χ2n) is 6.18. The van der Waals surface area contributed by atoms with E-state index in [1.165, 1.54) is 11.4 Å². The first-order chi connectivity index (χ1) is 12.9. The van der Waals surface area contributed by atoms with Crippen LogP contribution < -0.4 is 10.1 Å². The van der Waals surface area contributed by atoms with E-state index < -0.39 is 16.1 Å². The SMILES string of the molecule is CCCNC(=O)C[C@H](c1ccc(OC)cc1)N(C)S(=O)(=O)c1ccccc1. The van der Waals surface area contributed by atoms with Crippen LogP contribution in [0.1, 0.15) is 31.4 Å². The molecule has 27 heavy (non-hydrogen) atoms. The average Bonchev–Trinajstić information content (AvgIpc) is 2.70. The molecule has 0 aliphatic rings. The maximum Gasteiger partial charge on any atom is 0.243 e. The van der Waals surface area contributed by atoms with Gasteiger partial charge in [0.25, 0.3) is 0 Å². The number of benzene rings is 2. The van der Waals surface area contributed by atoms with Gasteiger partial charge in [-0.1, -0.05) is 37.3 Å². The van der Waals surface area contributed by atoms with Crippen LogP contribution in [0.15, 0.2) is 59.5 Å². The molecule has 146 valence electrons. The smallest absolute Gasteiger partial charge is 0.243 e. The highest BCUT2D eigenvalue weighted by Gasteiger charge is 2.30. The highest BCUT2D eigenvalue weighted by molar-refractivity contribution is 7.89. The summed E-state index contributed by atoms with van der Waals surface area (Å²) in [5.74, 6) is 0.481. The quantitative estimate of drug-likeness (QED) is 0.714. The number of sulfonamides is 1. The Morgan fingerprint density at radius 3 is 2.30 bits per heavy atom. The van der Waals surface area contributed by atoms with E-state index in [-0.39, 0.29) is 17.2 Å². The third-order valence-corrected chi connectivity index (χ3v) is 6.19. The molecule has 0 fully saturated rings. The normalized spacial score (nSPS) is 12.6. The van der Waals surface area contributed by atoms with Gasteiger partial charge in [-0.3, -0.25) is 4.79 Å². The molecule has 0 heterocycles. The molecule has 2 aromatic carbocycles. The number of amides is 1. The molecule has 2 aromatic rings. The molecule has 0 saturated carbocycles. The van der Waals surface area contributed by atoms with Crippen molar-refractivity contribution in [3.8, 4) is 5.75 Å². The second kappa shape index (κ2) is 9.53. The first-order valence-corrected chi connectivity index (χ1v) is 10.3. The van der Waals surface area contributed by atoms with Gasteiger partial charge in [0.05, 0.1) is 18.0 Å². The Labute approximate surface area is 161 Å². The van der Waals surface area contributed by atoms with Crippen LogP contribution in [0.2, 0.25) is 0 Å². The molecule has 0 unspecified atom stereocenters. The molecular weight excluding hydrogens is 364 g/mol. The summed E-state index contributed by atoms with van der Waals surface area (Å²) in [7, 11) is -0.676. The van der Waals surface area contributed by atoms with E-state index in [4.69, 9.17) is 4.74 Å². The van der Waals surface area contributed by atoms with Gasteiger partial charge in [-0.25, -0.2) is 8.42 Å². The summed E-state index contributed by atoms with van der Waals surface area (Å²) in [6.45, 7) is 2.52. The molecule has 0 radical (unpaired) electrons. The fourth-order valence-electron chi connectivity index (χ4n) is 2.72. The van der Waals surface area contributed by atoms with E-state index in [0.29, 0.717) is 12.3 Å². The van der Waals surface area contributed by atoms with Gasteiger partial charge in [-0.15, -0.1) is 0 Å². The lowest BCUT2D eigenvalue weighted by atomic mass is 10.0. The van der Waals surface area contributed by atoms with Crippen LogP contribution in [0.25, 0.3) is 0 Å². The van der Waals surface area contributed by atoms with Crippen LogP contribution in [0, 0.1) is 0 Å². The summed E-state index contributed by atoms with van der Waals surface area (Å²) < 4.78 is 32.5. The van der Waals surface area contributed by atoms with Gasteiger partial charge in [-0.05, 0) is 36.2 Å². The molecule has 0 aliphatic carbocycles. The number of nitrogens with zero attached hydrogens (tertiary/aromatic N) is 1. The van der Waals surface area contributed by atoms with Gasteiger partial charge in [0.2, 0.25) is 15.9 Å². The Hall–Kier alpha value is -2.38. The van der Waals surface area contributed by atoms with Gasteiger partial charge in [0.1, 0.15) is 5.75 Å². The first-order valence-electron chi connectivity index (χ1n) is 8.84. The molecule has 1 amide bonds. The Morgan fingerprint density at radius 2 is 1.74 bits per heavy atom. The van der Waals surface area contributed by atoms with Gasteiger partial charge in [-0.2, -0.15) is 4.31 Å². The Morgan fingerprint density at radius 1 is 1.11 bits per heavy atom. The van der Waals surface area contributed by atoms with Crippen LogP contribution in [0.4, 0.5) is 0 Å². The minimum Gasteiger partial charge on any atom is -0.497 e. The maximum atomic E-state index is 13.0. The molecule has 0 aliphatic heterocycles. The molecule has 0 saturated heterocycles. The highest BCUT2D eigenvalue weighted by atomic mass is 32.2. The zero-order chi connectivity index (χ0) is 19.9. The Bertz CT molecular complexity index is 836. The lowest BCUT2D eigenvalue weighted by molar-refractivity contribution is -0.121. The van der Waals surface area contributed by atoms with Crippen molar-refractivity contribution in [1.29, 1.82) is 0 Å². The topological polar surface area (TPSA) is 75.7 Å². The number of carbonyl (C=O) groups is 1. The van der Waals surface area contributed by atoms with E-state index in [0.717, 1.165) is 12.0 Å². The van der Waals surface area contributed by atoms with E-state index in [2.05, 4.69) is 5.32 Å². The van der Waals surface area contributed by atoms with Crippen molar-refractivity contribution in [3.63, 3.8) is 0 Å². The maximum absolute atomic E-state index is 13.0. The second-order valence-corrected chi connectivity index (χ2v) is 8.17. The first kappa shape index (κ1) is 20.9. The van der Waals surface area contributed by atoms with Gasteiger partial charge >= 0.3 is 0 Å². The van der Waals surface area contributed by atoms with Crippen molar-refractivity contribution in [2.45, 2.75) is 30.7 Å². The lowest BCUT2D eigenvalue weighted by Gasteiger charge is -2.28. The predicted octanol–water partition coefficient (Wildman–Crippen LogP) is 2.97. The van der Waals surface area contributed by atoms with E-state index in [9.17, 15) is 13.2 Å². The molecule has 2 rings (SSSR count). The number of methoxy groups -OCH3 is 1. The third-order valence-electron chi connectivity index (χ3n) is 4.31. The Kier molecular flexibility index (Phi) is 7.38. The van der Waals surface area contributed by atoms with Crippen LogP contribution in [-0.2, 0) is 14.8 Å². The summed E-state index contributed by atoms with van der Waals surface area (Å²) in [6, 6.07) is 14.7. The lowest BCUT2D eigenvalue weighted by Crippen LogP contribution is -2.35. The van der Waals surface area contributed by atoms with Crippen molar-refractivity contribution in [2.75, 3.05) is 20.7 Å². The number of nitrogens with one attached hydrogen (secondary N) is 1. The van der Waals surface area contributed by atoms with E-state index in [1.807, 2.05) is 6.92 Å². The third kappa shape index (κ3) is 5.30. The average molecular weight is 391 g/mol. The van der Waals surface area contributed by atoms with Crippen molar-refractivity contribution in [2.24, 2.45) is 0 Å². The van der Waals surface area contributed by atoms with Crippen LogP contribution in [0.5, 0.6) is 5.75 Å². The van der Waals surface area contributed by atoms with Crippen LogP contribution >= 0.6 is 0 Å². The van der Waals surface area contributed by atoms with Crippen LogP contribution in [-0.4, -0.2) is 39.3 Å². The zero-order valence-corrected chi connectivity index (χ0v) is 16.7. The summed E-state index contributed by atoms with van der Waals surface area (Å²) in [5.41, 5.74) is 0.726. The summed E-state index contributed by atoms with van der Waals surface area (Å²) in [5, 5.41) is 2.82. The minimum absolute atomic E-state index is 0.0366. The van der Waals surface area contributed by atoms with Crippen molar-refractivity contribution in [1.82, 2.24) is 9.62 Å². The fourth-order valence-corrected chi connectivity index (χ4v) is 4.09. The molecule has 0 aromatic heterocycles. The van der Waals surface area contributed by atoms with Crippen molar-refractivity contribution >= 4 is 15.9 Å². The molecule has 6 nitrogen and oxygen atoms in total. The molecule has 7 heteroatoms. The minimum atomic E-state index is -3.75. The molecule has 1 atom stereocenters. The monoisotopic (exact) mass is 390 g/mol. The number of rotatable bonds is 9. The molecule has 0 spiro atoms. The number of hydrogen-bond donors (Lipinski definition) is 1. The number of ether oxygens (including phenoxy) is 1.